The van der Waals surface area contributed by atoms with Crippen molar-refractivity contribution in [3.8, 4) is 0 Å². The van der Waals surface area contributed by atoms with E-state index in [1.165, 1.54) is 32.1 Å². The van der Waals surface area contributed by atoms with Crippen molar-refractivity contribution in [2.45, 2.75) is 82.8 Å². The maximum absolute atomic E-state index is 11.9. The van der Waals surface area contributed by atoms with Crippen LogP contribution in [0.2, 0.25) is 0 Å². The van der Waals surface area contributed by atoms with Gasteiger partial charge in [-0.3, -0.25) is 0 Å². The lowest BCUT2D eigenvalue weighted by molar-refractivity contribution is -0.143. The number of aliphatic hydroxyl groups is 2. The minimum Gasteiger partial charge on any atom is -0.390 e. The number of hydrogen-bond acceptors (Lipinski definition) is 2. The Labute approximate surface area is 164 Å². The first kappa shape index (κ1) is 18.2. The molecule has 27 heavy (non-hydrogen) atoms. The van der Waals surface area contributed by atoms with Gasteiger partial charge in [0.25, 0.3) is 0 Å². The fourth-order valence-corrected chi connectivity index (χ4v) is 8.29. The van der Waals surface area contributed by atoms with Gasteiger partial charge < -0.3 is 10.2 Å². The Balaban J connectivity index is 1.43. The van der Waals surface area contributed by atoms with Gasteiger partial charge in [0.2, 0.25) is 0 Å². The normalized spacial score (nSPS) is 51.9. The van der Waals surface area contributed by atoms with Crippen LogP contribution in [-0.2, 0) is 5.60 Å². The third kappa shape index (κ3) is 2.59. The molecule has 5 rings (SSSR count). The van der Waals surface area contributed by atoms with Crippen molar-refractivity contribution in [3.05, 3.63) is 35.9 Å². The van der Waals surface area contributed by atoms with Gasteiger partial charge in [0, 0.05) is 5.41 Å². The molecule has 0 amide bonds. The van der Waals surface area contributed by atoms with Crippen LogP contribution in [0.4, 0.5) is 0 Å². The van der Waals surface area contributed by atoms with Crippen LogP contribution < -0.4 is 0 Å². The van der Waals surface area contributed by atoms with Crippen LogP contribution in [0.3, 0.4) is 0 Å². The summed E-state index contributed by atoms with van der Waals surface area (Å²) in [6, 6.07) is 10.5. The van der Waals surface area contributed by atoms with E-state index in [1.54, 1.807) is 0 Å². The Morgan fingerprint density at radius 2 is 1.52 bits per heavy atom. The lowest BCUT2D eigenvalue weighted by Gasteiger charge is -2.58. The Kier molecular flexibility index (Phi) is 4.09. The molecule has 4 aliphatic carbocycles. The van der Waals surface area contributed by atoms with E-state index in [-0.39, 0.29) is 5.41 Å². The summed E-state index contributed by atoms with van der Waals surface area (Å²) < 4.78 is 0. The first-order valence-corrected chi connectivity index (χ1v) is 11.3. The molecule has 1 unspecified atom stereocenters. The molecule has 1 aromatic rings. The highest BCUT2D eigenvalue weighted by atomic mass is 16.3. The van der Waals surface area contributed by atoms with Gasteiger partial charge in [0.15, 0.2) is 0 Å². The second-order valence-corrected chi connectivity index (χ2v) is 10.9. The molecule has 0 spiro atoms. The second kappa shape index (κ2) is 6.07. The van der Waals surface area contributed by atoms with Crippen LogP contribution in [-0.4, -0.2) is 15.8 Å². The van der Waals surface area contributed by atoms with Crippen LogP contribution in [0.15, 0.2) is 30.3 Å². The quantitative estimate of drug-likeness (QED) is 0.708. The summed E-state index contributed by atoms with van der Waals surface area (Å²) >= 11 is 0. The van der Waals surface area contributed by atoms with E-state index in [0.717, 1.165) is 54.9 Å². The van der Waals surface area contributed by atoms with Crippen LogP contribution >= 0.6 is 0 Å². The van der Waals surface area contributed by atoms with Crippen LogP contribution in [0, 0.1) is 35.0 Å². The van der Waals surface area contributed by atoms with Crippen molar-refractivity contribution in [1.82, 2.24) is 0 Å². The molecule has 0 aromatic heterocycles. The average Bonchev–Trinajstić information content (AvgIpc) is 2.94. The van der Waals surface area contributed by atoms with Crippen molar-refractivity contribution in [3.63, 3.8) is 0 Å². The summed E-state index contributed by atoms with van der Waals surface area (Å²) in [6.07, 6.45) is 10.3. The molecule has 4 fully saturated rings. The van der Waals surface area contributed by atoms with E-state index in [1.807, 2.05) is 6.92 Å². The lowest BCUT2D eigenvalue weighted by Crippen LogP contribution is -2.53. The maximum Gasteiger partial charge on any atom is 0.0952 e. The molecule has 0 heterocycles. The molecule has 2 nitrogen and oxygen atoms in total. The van der Waals surface area contributed by atoms with E-state index in [4.69, 9.17) is 0 Å². The molecular formula is C25H36O2. The molecule has 0 radical (unpaired) electrons. The van der Waals surface area contributed by atoms with Gasteiger partial charge in [-0.2, -0.15) is 0 Å². The summed E-state index contributed by atoms with van der Waals surface area (Å²) in [4.78, 5) is 0. The topological polar surface area (TPSA) is 40.5 Å². The molecule has 8 atom stereocenters. The van der Waals surface area contributed by atoms with Gasteiger partial charge in [0.1, 0.15) is 0 Å². The van der Waals surface area contributed by atoms with E-state index in [0.29, 0.717) is 5.92 Å². The zero-order valence-electron chi connectivity index (χ0n) is 17.0. The fraction of sp³-hybridized carbons (Fsp3) is 0.760. The molecule has 4 aliphatic rings. The minimum atomic E-state index is -0.656. The lowest BCUT2D eigenvalue weighted by atomic mass is 9.48. The van der Waals surface area contributed by atoms with Crippen molar-refractivity contribution in [1.29, 1.82) is 0 Å². The smallest absolute Gasteiger partial charge is 0.0952 e. The molecular weight excluding hydrogens is 332 g/mol. The Morgan fingerprint density at radius 3 is 2.30 bits per heavy atom. The highest BCUT2D eigenvalue weighted by Crippen LogP contribution is 2.67. The number of fused-ring (bicyclic) bond motifs is 5. The second-order valence-electron chi connectivity index (χ2n) is 10.9. The van der Waals surface area contributed by atoms with Crippen molar-refractivity contribution in [2.24, 2.45) is 35.0 Å². The number of rotatable bonds is 1. The first-order valence-electron chi connectivity index (χ1n) is 11.3. The predicted octanol–water partition coefficient (Wildman–Crippen LogP) is 5.28. The van der Waals surface area contributed by atoms with E-state index in [9.17, 15) is 10.2 Å². The van der Waals surface area contributed by atoms with Crippen molar-refractivity contribution < 1.29 is 10.2 Å². The number of benzene rings is 1. The van der Waals surface area contributed by atoms with E-state index >= 15 is 0 Å². The summed E-state index contributed by atoms with van der Waals surface area (Å²) in [5, 5.41) is 22.4. The molecule has 1 aromatic carbocycles. The highest BCUT2D eigenvalue weighted by Gasteiger charge is 2.63. The maximum atomic E-state index is 11.9. The standard InChI is InChI=1S/C25H36O2/c1-23(26)13-10-19-17(16-23)8-9-21-20(19)11-14-24(2)22(21)12-15-25(24,27)18-6-4-3-5-7-18/h3-7,17,19-22,26-27H,8-16H2,1-2H3/t17-,19+,20-,21-,22+,23-,24+,25?/m1/s1. The molecule has 2 N–H and O–H groups in total. The minimum absolute atomic E-state index is 0.0164. The first-order chi connectivity index (χ1) is 12.8. The summed E-state index contributed by atoms with van der Waals surface area (Å²) in [6.45, 7) is 4.44. The van der Waals surface area contributed by atoms with Gasteiger partial charge in [-0.05, 0) is 99.9 Å². The Morgan fingerprint density at radius 1 is 0.778 bits per heavy atom. The summed E-state index contributed by atoms with van der Waals surface area (Å²) in [7, 11) is 0. The van der Waals surface area contributed by atoms with Crippen LogP contribution in [0.25, 0.3) is 0 Å². The third-order valence-corrected chi connectivity index (χ3v) is 9.64. The van der Waals surface area contributed by atoms with E-state index in [2.05, 4.69) is 37.3 Å². The zero-order valence-corrected chi connectivity index (χ0v) is 17.0. The van der Waals surface area contributed by atoms with Gasteiger partial charge in [0.05, 0.1) is 11.2 Å². The Hall–Kier alpha value is -0.860. The molecule has 0 aliphatic heterocycles. The van der Waals surface area contributed by atoms with Crippen molar-refractivity contribution >= 4 is 0 Å². The fourth-order valence-electron chi connectivity index (χ4n) is 8.29. The third-order valence-electron chi connectivity index (χ3n) is 9.64. The SMILES string of the molecule is C[C@@]1(O)CC[C@H]2[C@H](CC[C@@H]3[C@@H]2CC[C@@]2(C)[C@H]3CCC2(O)c2ccccc2)C1. The molecule has 0 bridgehead atoms. The molecule has 0 saturated heterocycles. The predicted molar refractivity (Wildman–Crippen MR) is 108 cm³/mol. The summed E-state index contributed by atoms with van der Waals surface area (Å²) in [5.74, 6) is 3.82. The van der Waals surface area contributed by atoms with E-state index < -0.39 is 11.2 Å². The molecule has 148 valence electrons. The van der Waals surface area contributed by atoms with Gasteiger partial charge >= 0.3 is 0 Å². The monoisotopic (exact) mass is 368 g/mol. The average molecular weight is 369 g/mol. The van der Waals surface area contributed by atoms with Gasteiger partial charge in [-0.1, -0.05) is 37.3 Å². The zero-order chi connectivity index (χ0) is 18.9. The summed E-state index contributed by atoms with van der Waals surface area (Å²) in [5.41, 5.74) is 0.0632. The molecule has 2 heteroatoms. The Bertz CT molecular complexity index is 698. The van der Waals surface area contributed by atoms with Crippen molar-refractivity contribution in [2.75, 3.05) is 0 Å². The van der Waals surface area contributed by atoms with Gasteiger partial charge in [-0.25, -0.2) is 0 Å². The van der Waals surface area contributed by atoms with Crippen LogP contribution in [0.5, 0.6) is 0 Å². The number of hydrogen-bond donors (Lipinski definition) is 2. The molecule has 4 saturated carbocycles. The van der Waals surface area contributed by atoms with Crippen LogP contribution in [0.1, 0.15) is 77.2 Å². The largest absolute Gasteiger partial charge is 0.390 e. The highest BCUT2D eigenvalue weighted by molar-refractivity contribution is 5.29. The van der Waals surface area contributed by atoms with Gasteiger partial charge in [-0.15, -0.1) is 0 Å².